The van der Waals surface area contributed by atoms with Crippen LogP contribution in [0.2, 0.25) is 10.0 Å². The summed E-state index contributed by atoms with van der Waals surface area (Å²) >= 11 is 12.3. The summed E-state index contributed by atoms with van der Waals surface area (Å²) in [5.74, 6) is 0.404. The Morgan fingerprint density at radius 1 is 0.800 bits per heavy atom. The molecule has 3 aromatic carbocycles. The van der Waals surface area contributed by atoms with Crippen molar-refractivity contribution in [1.82, 2.24) is 0 Å². The van der Waals surface area contributed by atoms with Crippen LogP contribution in [0.3, 0.4) is 0 Å². The van der Waals surface area contributed by atoms with Crippen molar-refractivity contribution < 1.29 is 13.9 Å². The Bertz CT molecular complexity index is 1040. The topological polar surface area (TPSA) is 43.4 Å². The van der Waals surface area contributed by atoms with Crippen LogP contribution in [0.15, 0.2) is 66.7 Å². The van der Waals surface area contributed by atoms with Gasteiger partial charge in [0, 0.05) is 5.56 Å². The number of rotatable bonds is 2. The van der Waals surface area contributed by atoms with Gasteiger partial charge in [-0.05, 0) is 29.8 Å². The first-order valence-corrected chi connectivity index (χ1v) is 9.88. The van der Waals surface area contributed by atoms with Gasteiger partial charge in [-0.1, -0.05) is 65.7 Å². The zero-order chi connectivity index (χ0) is 17.6. The fourth-order valence-electron chi connectivity index (χ4n) is 2.91. The van der Waals surface area contributed by atoms with E-state index < -0.39 is 12.9 Å². The Morgan fingerprint density at radius 3 is 2.12 bits per heavy atom. The van der Waals surface area contributed by atoms with Gasteiger partial charge in [-0.3, -0.25) is 9.36 Å². The van der Waals surface area contributed by atoms with Gasteiger partial charge in [0.2, 0.25) is 0 Å². The highest BCUT2D eigenvalue weighted by Gasteiger charge is 2.44. The summed E-state index contributed by atoms with van der Waals surface area (Å²) in [6.45, 7) is 0. The van der Waals surface area contributed by atoms with Crippen LogP contribution in [0.4, 0.5) is 0 Å². The number of hydrogen-bond acceptors (Lipinski definition) is 3. The van der Waals surface area contributed by atoms with Crippen LogP contribution < -0.4 is 9.83 Å². The van der Waals surface area contributed by atoms with Gasteiger partial charge >= 0.3 is 7.37 Å². The third-order valence-electron chi connectivity index (χ3n) is 4.07. The highest BCUT2D eigenvalue weighted by atomic mass is 35.5. The number of halogens is 2. The highest BCUT2D eigenvalue weighted by molar-refractivity contribution is 7.84. The second-order valence-electron chi connectivity index (χ2n) is 5.56. The van der Waals surface area contributed by atoms with E-state index in [0.29, 0.717) is 16.6 Å². The zero-order valence-corrected chi connectivity index (χ0v) is 15.2. The van der Waals surface area contributed by atoms with Gasteiger partial charge in [-0.2, -0.15) is 0 Å². The van der Waals surface area contributed by atoms with Crippen LogP contribution >= 0.6 is 30.6 Å². The minimum atomic E-state index is -3.91. The molecule has 1 aliphatic heterocycles. The van der Waals surface area contributed by atoms with Gasteiger partial charge in [0.25, 0.3) is 5.52 Å². The van der Waals surface area contributed by atoms with Gasteiger partial charge < -0.3 is 4.52 Å². The monoisotopic (exact) mass is 388 g/mol. The lowest BCUT2D eigenvalue weighted by molar-refractivity contribution is 0.106. The summed E-state index contributed by atoms with van der Waals surface area (Å²) in [5.41, 5.74) is 0.820. The predicted octanol–water partition coefficient (Wildman–Crippen LogP) is 5.80. The molecule has 0 spiro atoms. The summed E-state index contributed by atoms with van der Waals surface area (Å²) in [6.07, 6.45) is 0. The highest BCUT2D eigenvalue weighted by Crippen LogP contribution is 2.57. The molecule has 0 aliphatic carbocycles. The average Bonchev–Trinajstić information content (AvgIpc) is 2.62. The molecule has 1 unspecified atom stereocenters. The third kappa shape index (κ3) is 2.51. The quantitative estimate of drug-likeness (QED) is 0.521. The van der Waals surface area contributed by atoms with E-state index >= 15 is 0 Å². The molecule has 124 valence electrons. The number of benzene rings is 3. The largest absolute Gasteiger partial charge is 0.434 e. The van der Waals surface area contributed by atoms with Crippen molar-refractivity contribution >= 4 is 41.4 Å². The Morgan fingerprint density at radius 2 is 1.40 bits per heavy atom. The summed E-state index contributed by atoms with van der Waals surface area (Å²) in [6, 6.07) is 18.9. The Labute approximate surface area is 154 Å². The van der Waals surface area contributed by atoms with Crippen LogP contribution in [0.25, 0.3) is 11.1 Å². The third-order valence-corrected chi connectivity index (χ3v) is 6.94. The van der Waals surface area contributed by atoms with Crippen molar-refractivity contribution in [3.63, 3.8) is 0 Å². The molecule has 0 aromatic heterocycles. The molecule has 0 bridgehead atoms. The SMILES string of the molecule is O=C(c1c(Cl)cccc1Cl)P1(=O)Oc2ccccc2-c2ccccc21. The van der Waals surface area contributed by atoms with E-state index in [1.54, 1.807) is 30.3 Å². The lowest BCUT2D eigenvalue weighted by Gasteiger charge is -2.27. The van der Waals surface area contributed by atoms with E-state index in [1.165, 1.54) is 12.1 Å². The van der Waals surface area contributed by atoms with E-state index in [1.807, 2.05) is 24.3 Å². The fraction of sp³-hybridized carbons (Fsp3) is 0. The molecule has 3 aromatic rings. The molecule has 0 fully saturated rings. The van der Waals surface area contributed by atoms with E-state index in [2.05, 4.69) is 0 Å². The molecule has 1 aliphatic rings. The van der Waals surface area contributed by atoms with Gasteiger partial charge in [0.05, 0.1) is 20.9 Å². The number of hydrogen-bond donors (Lipinski definition) is 0. The van der Waals surface area contributed by atoms with Crippen molar-refractivity contribution in [2.45, 2.75) is 0 Å². The second kappa shape index (κ2) is 6.03. The van der Waals surface area contributed by atoms with Crippen LogP contribution in [-0.2, 0) is 4.57 Å². The smallest absolute Gasteiger partial charge is 0.347 e. The number of carbonyl (C=O) groups excluding carboxylic acids is 1. The standard InChI is InChI=1S/C19H11Cl2O3P/c20-14-8-5-9-15(21)18(14)19(22)25(23)17-11-4-2-7-13(17)12-6-1-3-10-16(12)24-25/h1-11H. The van der Waals surface area contributed by atoms with Crippen molar-refractivity contribution in [3.05, 3.63) is 82.3 Å². The maximum Gasteiger partial charge on any atom is 0.347 e. The average molecular weight is 389 g/mol. The summed E-state index contributed by atoms with van der Waals surface area (Å²) in [4.78, 5) is 13.2. The molecular formula is C19H11Cl2O3P. The molecule has 0 saturated carbocycles. The minimum absolute atomic E-state index is 0.0170. The summed E-state index contributed by atoms with van der Waals surface area (Å²) in [7, 11) is -3.91. The van der Waals surface area contributed by atoms with Crippen LogP contribution in [0, 0.1) is 0 Å². The normalized spacial score (nSPS) is 18.0. The molecule has 0 amide bonds. The fourth-order valence-corrected chi connectivity index (χ4v) is 5.78. The summed E-state index contributed by atoms with van der Waals surface area (Å²) < 4.78 is 19.5. The molecule has 0 N–H and O–H groups in total. The lowest BCUT2D eigenvalue weighted by Crippen LogP contribution is -2.23. The zero-order valence-electron chi connectivity index (χ0n) is 12.8. The van der Waals surface area contributed by atoms with Crippen molar-refractivity contribution in [2.24, 2.45) is 0 Å². The number of fused-ring (bicyclic) bond motifs is 3. The Hall–Kier alpha value is -2.06. The maximum atomic E-state index is 13.7. The summed E-state index contributed by atoms with van der Waals surface area (Å²) in [5, 5.41) is 0.648. The van der Waals surface area contributed by atoms with Crippen molar-refractivity contribution in [2.75, 3.05) is 0 Å². The second-order valence-corrected chi connectivity index (χ2v) is 8.55. The minimum Gasteiger partial charge on any atom is -0.434 e. The molecule has 25 heavy (non-hydrogen) atoms. The molecular weight excluding hydrogens is 378 g/mol. The predicted molar refractivity (Wildman–Crippen MR) is 101 cm³/mol. The first-order valence-electron chi connectivity index (χ1n) is 7.50. The molecule has 1 heterocycles. The lowest BCUT2D eigenvalue weighted by atomic mass is 10.0. The Kier molecular flexibility index (Phi) is 3.96. The Balaban J connectivity index is 1.97. The van der Waals surface area contributed by atoms with Crippen LogP contribution in [-0.4, -0.2) is 5.52 Å². The maximum absolute atomic E-state index is 13.7. The van der Waals surface area contributed by atoms with Gasteiger partial charge in [-0.15, -0.1) is 0 Å². The first-order chi connectivity index (χ1) is 12.0. The van der Waals surface area contributed by atoms with E-state index in [-0.39, 0.29) is 15.6 Å². The molecule has 1 atom stereocenters. The van der Waals surface area contributed by atoms with Crippen molar-refractivity contribution in [1.29, 1.82) is 0 Å². The number of para-hydroxylation sites is 1. The molecule has 3 nitrogen and oxygen atoms in total. The molecule has 0 radical (unpaired) electrons. The van der Waals surface area contributed by atoms with Gasteiger partial charge in [0.15, 0.2) is 0 Å². The van der Waals surface area contributed by atoms with Gasteiger partial charge in [-0.25, -0.2) is 0 Å². The van der Waals surface area contributed by atoms with E-state index in [9.17, 15) is 9.36 Å². The molecule has 0 saturated heterocycles. The molecule has 6 heteroatoms. The first kappa shape index (κ1) is 16.4. The van der Waals surface area contributed by atoms with Crippen LogP contribution in [0.5, 0.6) is 5.75 Å². The van der Waals surface area contributed by atoms with Crippen molar-refractivity contribution in [3.8, 4) is 16.9 Å². The van der Waals surface area contributed by atoms with Gasteiger partial charge in [0.1, 0.15) is 5.75 Å². The molecule has 4 rings (SSSR count). The number of carbonyl (C=O) groups is 1. The van der Waals surface area contributed by atoms with E-state index in [4.69, 9.17) is 27.7 Å². The van der Waals surface area contributed by atoms with E-state index in [0.717, 1.165) is 5.56 Å². The van der Waals surface area contributed by atoms with Crippen LogP contribution in [0.1, 0.15) is 10.4 Å².